The predicted molar refractivity (Wildman–Crippen MR) is 103 cm³/mol. The molecule has 0 aromatic rings. The van der Waals surface area contributed by atoms with Crippen LogP contribution >= 0.6 is 0 Å². The smallest absolute Gasteiger partial charge is 0.192 e. The van der Waals surface area contributed by atoms with Crippen molar-refractivity contribution in [3.8, 4) is 0 Å². The molecule has 0 unspecified atom stereocenters. The zero-order chi connectivity index (χ0) is 19.1. The Balaban J connectivity index is 5.46. The third-order valence-corrected chi connectivity index (χ3v) is 10.1. The summed E-state index contributed by atoms with van der Waals surface area (Å²) in [7, 11) is 1.51. The highest BCUT2D eigenvalue weighted by Crippen LogP contribution is 2.39. The summed E-state index contributed by atoms with van der Waals surface area (Å²) in [5, 5.41) is 0.137. The minimum Gasteiger partial charge on any atom is -0.413 e. The van der Waals surface area contributed by atoms with Crippen molar-refractivity contribution in [2.24, 2.45) is 11.8 Å². The Hall–Kier alpha value is -0.233. The number of methoxy groups -OCH3 is 2. The number of carbonyl (C=O) groups excluding carboxylic acids is 1. The first-order valence-electron chi connectivity index (χ1n) is 9.08. The van der Waals surface area contributed by atoms with Gasteiger partial charge in [-0.15, -0.1) is 0 Å². The van der Waals surface area contributed by atoms with E-state index in [0.29, 0.717) is 12.3 Å². The monoisotopic (exact) mass is 360 g/mol. The number of hydrogen-bond donors (Lipinski definition) is 0. The summed E-state index contributed by atoms with van der Waals surface area (Å²) in [6.07, 6.45) is 2.18. The Labute approximate surface area is 150 Å². The molecular formula is C19H40O4Si. The largest absolute Gasteiger partial charge is 0.413 e. The van der Waals surface area contributed by atoms with Crippen LogP contribution in [0.2, 0.25) is 18.1 Å². The van der Waals surface area contributed by atoms with E-state index in [0.717, 1.165) is 12.7 Å². The van der Waals surface area contributed by atoms with E-state index in [2.05, 4.69) is 54.6 Å². The molecule has 4 atom stereocenters. The first kappa shape index (κ1) is 23.8. The Morgan fingerprint density at radius 1 is 0.958 bits per heavy atom. The molecule has 0 aliphatic heterocycles. The van der Waals surface area contributed by atoms with E-state index in [4.69, 9.17) is 13.9 Å². The van der Waals surface area contributed by atoms with Crippen LogP contribution in [0.25, 0.3) is 0 Å². The second-order valence-corrected chi connectivity index (χ2v) is 13.5. The van der Waals surface area contributed by atoms with Gasteiger partial charge in [-0.25, -0.2) is 0 Å². The van der Waals surface area contributed by atoms with Gasteiger partial charge in [0, 0.05) is 26.6 Å². The third-order valence-electron chi connectivity index (χ3n) is 5.57. The maximum Gasteiger partial charge on any atom is 0.192 e. The predicted octanol–water partition coefficient (Wildman–Crippen LogP) is 4.68. The summed E-state index contributed by atoms with van der Waals surface area (Å²) in [5.41, 5.74) is 0. The standard InChI is InChI=1S/C19H40O4Si/c1-14(2)17(22-8)13-18(15(3)16(21-7)11-12-20)23-24(9,10)19(4,5)6/h12,14-18H,11,13H2,1-10H3/t15-,16+,17+,18+/m0/s1. The van der Waals surface area contributed by atoms with E-state index in [9.17, 15) is 4.79 Å². The summed E-state index contributed by atoms with van der Waals surface area (Å²) in [6.45, 7) is 17.7. The minimum absolute atomic E-state index is 0.0168. The zero-order valence-corrected chi connectivity index (χ0v) is 18.5. The molecule has 0 aromatic carbocycles. The van der Waals surface area contributed by atoms with Crippen molar-refractivity contribution in [1.29, 1.82) is 0 Å². The van der Waals surface area contributed by atoms with Crippen molar-refractivity contribution >= 4 is 14.6 Å². The lowest BCUT2D eigenvalue weighted by Crippen LogP contribution is -2.48. The van der Waals surface area contributed by atoms with E-state index in [1.165, 1.54) is 0 Å². The van der Waals surface area contributed by atoms with Crippen LogP contribution in [0, 0.1) is 11.8 Å². The number of ether oxygens (including phenoxy) is 2. The second-order valence-electron chi connectivity index (χ2n) is 8.71. The minimum atomic E-state index is -1.93. The van der Waals surface area contributed by atoms with Crippen molar-refractivity contribution < 1.29 is 18.7 Å². The summed E-state index contributed by atoms with van der Waals surface area (Å²) < 4.78 is 18.0. The number of carbonyl (C=O) groups is 1. The van der Waals surface area contributed by atoms with Crippen LogP contribution in [-0.4, -0.2) is 47.1 Å². The van der Waals surface area contributed by atoms with Gasteiger partial charge in [0.05, 0.1) is 18.3 Å². The Morgan fingerprint density at radius 2 is 1.46 bits per heavy atom. The highest BCUT2D eigenvalue weighted by atomic mass is 28.4. The van der Waals surface area contributed by atoms with Gasteiger partial charge in [-0.1, -0.05) is 41.5 Å². The number of aldehydes is 1. The molecule has 0 N–H and O–H groups in total. The van der Waals surface area contributed by atoms with Gasteiger partial charge < -0.3 is 18.7 Å². The number of hydrogen-bond acceptors (Lipinski definition) is 4. The van der Waals surface area contributed by atoms with E-state index >= 15 is 0 Å². The van der Waals surface area contributed by atoms with Crippen LogP contribution < -0.4 is 0 Å². The fraction of sp³-hybridized carbons (Fsp3) is 0.947. The molecule has 0 saturated carbocycles. The first-order chi connectivity index (χ1) is 10.9. The quantitative estimate of drug-likeness (QED) is 0.396. The summed E-state index contributed by atoms with van der Waals surface area (Å²) in [6, 6.07) is 0. The molecule has 0 aliphatic carbocycles. The normalized spacial score (nSPS) is 18.3. The van der Waals surface area contributed by atoms with Crippen molar-refractivity contribution in [3.05, 3.63) is 0 Å². The molecule has 4 nitrogen and oxygen atoms in total. The molecule has 0 rings (SSSR count). The molecule has 0 aliphatic rings. The van der Waals surface area contributed by atoms with Crippen LogP contribution in [0.3, 0.4) is 0 Å². The molecule has 0 fully saturated rings. The lowest BCUT2D eigenvalue weighted by Gasteiger charge is -2.43. The highest BCUT2D eigenvalue weighted by molar-refractivity contribution is 6.74. The molecule has 24 heavy (non-hydrogen) atoms. The molecule has 0 heterocycles. The maximum atomic E-state index is 11.0. The number of rotatable bonds is 11. The van der Waals surface area contributed by atoms with Gasteiger partial charge in [0.15, 0.2) is 8.32 Å². The van der Waals surface area contributed by atoms with Crippen LogP contribution in [-0.2, 0) is 18.7 Å². The molecule has 5 heteroatoms. The summed E-state index contributed by atoms with van der Waals surface area (Å²) in [4.78, 5) is 11.0. The molecule has 0 radical (unpaired) electrons. The third kappa shape index (κ3) is 6.94. The van der Waals surface area contributed by atoms with Gasteiger partial charge in [-0.2, -0.15) is 0 Å². The van der Waals surface area contributed by atoms with E-state index in [1.807, 2.05) is 0 Å². The Kier molecular flexibility index (Phi) is 9.95. The molecule has 144 valence electrons. The molecule has 0 spiro atoms. The summed E-state index contributed by atoms with van der Waals surface area (Å²) in [5.74, 6) is 0.547. The lowest BCUT2D eigenvalue weighted by atomic mass is 9.89. The van der Waals surface area contributed by atoms with E-state index in [-0.39, 0.29) is 29.3 Å². The fourth-order valence-electron chi connectivity index (χ4n) is 2.65. The van der Waals surface area contributed by atoms with Crippen molar-refractivity contribution in [1.82, 2.24) is 0 Å². The van der Waals surface area contributed by atoms with Gasteiger partial charge in [-0.05, 0) is 30.5 Å². The van der Waals surface area contributed by atoms with Crippen LogP contribution in [0.5, 0.6) is 0 Å². The topological polar surface area (TPSA) is 44.8 Å². The fourth-order valence-corrected chi connectivity index (χ4v) is 4.08. The average molecular weight is 361 g/mol. The van der Waals surface area contributed by atoms with E-state index < -0.39 is 8.32 Å². The molecule has 0 saturated heterocycles. The Morgan fingerprint density at radius 3 is 1.79 bits per heavy atom. The van der Waals surface area contributed by atoms with Gasteiger partial charge in [0.1, 0.15) is 6.29 Å². The second kappa shape index (κ2) is 10.0. The average Bonchev–Trinajstić information content (AvgIpc) is 2.46. The summed E-state index contributed by atoms with van der Waals surface area (Å²) >= 11 is 0. The van der Waals surface area contributed by atoms with E-state index in [1.54, 1.807) is 14.2 Å². The first-order valence-corrected chi connectivity index (χ1v) is 12.0. The molecule has 0 aromatic heterocycles. The van der Waals surface area contributed by atoms with Crippen LogP contribution in [0.1, 0.15) is 54.4 Å². The molecule has 0 amide bonds. The lowest BCUT2D eigenvalue weighted by molar-refractivity contribution is -0.112. The SMILES string of the molecule is CO[C@H](C[C@@H](O[Si](C)(C)C(C)(C)C)[C@@H](C)[C@@H](CC=O)OC)C(C)C. The maximum absolute atomic E-state index is 11.0. The van der Waals surface area contributed by atoms with Gasteiger partial charge in [0.25, 0.3) is 0 Å². The van der Waals surface area contributed by atoms with Crippen molar-refractivity contribution in [2.75, 3.05) is 14.2 Å². The van der Waals surface area contributed by atoms with Crippen LogP contribution in [0.4, 0.5) is 0 Å². The van der Waals surface area contributed by atoms with Crippen molar-refractivity contribution in [3.63, 3.8) is 0 Å². The molecule has 0 bridgehead atoms. The zero-order valence-electron chi connectivity index (χ0n) is 17.5. The van der Waals surface area contributed by atoms with Gasteiger partial charge in [-0.3, -0.25) is 0 Å². The van der Waals surface area contributed by atoms with Crippen LogP contribution in [0.15, 0.2) is 0 Å². The van der Waals surface area contributed by atoms with Gasteiger partial charge >= 0.3 is 0 Å². The highest BCUT2D eigenvalue weighted by Gasteiger charge is 2.42. The Bertz CT molecular complexity index is 363. The molecular weight excluding hydrogens is 320 g/mol. The van der Waals surface area contributed by atoms with Crippen molar-refractivity contribution in [2.45, 2.75) is 90.8 Å². The van der Waals surface area contributed by atoms with Gasteiger partial charge in [0.2, 0.25) is 0 Å².